The van der Waals surface area contributed by atoms with E-state index in [0.717, 1.165) is 68.8 Å². The Hall–Kier alpha value is -1.65. The van der Waals surface area contributed by atoms with Crippen LogP contribution in [-0.4, -0.2) is 12.9 Å². The lowest BCUT2D eigenvalue weighted by Crippen LogP contribution is -2.25. The van der Waals surface area contributed by atoms with Crippen molar-refractivity contribution in [3.8, 4) is 11.5 Å². The van der Waals surface area contributed by atoms with Crippen molar-refractivity contribution in [2.24, 2.45) is 0 Å². The zero-order valence-corrected chi connectivity index (χ0v) is 22.4. The molecule has 2 aliphatic heterocycles. The van der Waals surface area contributed by atoms with Gasteiger partial charge in [-0.05, 0) is 118 Å². The van der Waals surface area contributed by atoms with E-state index in [1.807, 2.05) is 24.3 Å². The fraction of sp³-hybridized carbons (Fsp3) is 0.259. The maximum absolute atomic E-state index is 14.6. The molecule has 5 rings (SSSR count). The Bertz CT molecular complexity index is 1200. The molecule has 0 aromatic heterocycles. The molecule has 0 aliphatic carbocycles. The Balaban J connectivity index is 1.61. The molecule has 33 heavy (non-hydrogen) atoms. The van der Waals surface area contributed by atoms with Gasteiger partial charge in [0.25, 0.3) is 0 Å². The van der Waals surface area contributed by atoms with E-state index in [2.05, 4.69) is 76.4 Å². The lowest BCUT2D eigenvalue weighted by molar-refractivity contribution is -0.105. The number of rotatable bonds is 4. The van der Waals surface area contributed by atoms with Crippen LogP contribution in [0.2, 0.25) is 0 Å². The summed E-state index contributed by atoms with van der Waals surface area (Å²) in [5.74, 6) is 1.32. The number of hydrogen-bond acceptors (Lipinski definition) is 3. The molecule has 0 amide bonds. The first-order valence-corrected chi connectivity index (χ1v) is 13.2. The molecule has 2 atom stereocenters. The highest BCUT2D eigenvalue weighted by atomic mass is 127. The smallest absolute Gasteiger partial charge is 0.199 e. The zero-order chi connectivity index (χ0) is 22.9. The van der Waals surface area contributed by atoms with E-state index in [4.69, 9.17) is 14.2 Å². The van der Waals surface area contributed by atoms with Crippen molar-refractivity contribution >= 4 is 56.3 Å². The van der Waals surface area contributed by atoms with Gasteiger partial charge in [0, 0.05) is 21.1 Å². The van der Waals surface area contributed by atoms with Gasteiger partial charge >= 0.3 is 0 Å². The van der Waals surface area contributed by atoms with Crippen molar-refractivity contribution < 1.29 is 18.6 Å². The largest absolute Gasteiger partial charge is 0.480 e. The predicted molar refractivity (Wildman–Crippen MR) is 145 cm³/mol. The molecular formula is C27H23FI2O3. The summed E-state index contributed by atoms with van der Waals surface area (Å²) in [5.41, 5.74) is 4.87. The predicted octanol–water partition coefficient (Wildman–Crippen LogP) is 8.00. The van der Waals surface area contributed by atoms with Crippen LogP contribution in [0, 0.1) is 13.0 Å². The molecule has 0 bridgehead atoms. The van der Waals surface area contributed by atoms with Crippen molar-refractivity contribution in [3.63, 3.8) is 0 Å². The standard InChI is InChI=1S/C27H23FI2O3/c1-16-21-15-19(32-24-7-2-3-14-31-24)12-13-23(21)33-27(17-8-10-18(29)11-9-17)25(16)20-5-4-6-22(28)26(20)30/h4-6,8-13,15,24,27H,2-3,7,14H2,1H3. The molecule has 3 aromatic rings. The van der Waals surface area contributed by atoms with Crippen LogP contribution < -0.4 is 9.47 Å². The first kappa shape index (κ1) is 23.1. The van der Waals surface area contributed by atoms with E-state index in [0.29, 0.717) is 3.57 Å². The molecule has 0 saturated carbocycles. The molecule has 6 heteroatoms. The molecule has 3 aromatic carbocycles. The van der Waals surface area contributed by atoms with Gasteiger partial charge < -0.3 is 14.2 Å². The van der Waals surface area contributed by atoms with Crippen molar-refractivity contribution in [2.45, 2.75) is 38.6 Å². The quantitative estimate of drug-likeness (QED) is 0.264. The van der Waals surface area contributed by atoms with Crippen LogP contribution in [0.3, 0.4) is 0 Å². The minimum atomic E-state index is -0.335. The third-order valence-corrected chi connectivity index (χ3v) is 7.90. The molecule has 170 valence electrons. The third-order valence-electron chi connectivity index (χ3n) is 6.09. The van der Waals surface area contributed by atoms with E-state index in [-0.39, 0.29) is 18.2 Å². The highest BCUT2D eigenvalue weighted by Gasteiger charge is 2.31. The Labute approximate surface area is 220 Å². The van der Waals surface area contributed by atoms with E-state index in [1.165, 1.54) is 6.07 Å². The minimum Gasteiger partial charge on any atom is -0.480 e. The van der Waals surface area contributed by atoms with E-state index in [9.17, 15) is 4.39 Å². The van der Waals surface area contributed by atoms with Gasteiger partial charge in [-0.2, -0.15) is 0 Å². The van der Waals surface area contributed by atoms with Gasteiger partial charge in [0.15, 0.2) is 6.29 Å². The summed E-state index contributed by atoms with van der Waals surface area (Å²) < 4.78 is 34.7. The molecule has 1 fully saturated rings. The van der Waals surface area contributed by atoms with Crippen molar-refractivity contribution in [3.05, 3.63) is 90.3 Å². The van der Waals surface area contributed by atoms with E-state index >= 15 is 0 Å². The Kier molecular flexibility index (Phi) is 6.94. The van der Waals surface area contributed by atoms with Gasteiger partial charge in [-0.15, -0.1) is 0 Å². The monoisotopic (exact) mass is 668 g/mol. The van der Waals surface area contributed by atoms with Gasteiger partial charge in [-0.25, -0.2) is 4.39 Å². The van der Waals surface area contributed by atoms with Gasteiger partial charge in [-0.3, -0.25) is 0 Å². The van der Waals surface area contributed by atoms with Crippen LogP contribution in [0.25, 0.3) is 11.1 Å². The van der Waals surface area contributed by atoms with Gasteiger partial charge in [0.05, 0.1) is 10.2 Å². The van der Waals surface area contributed by atoms with Crippen LogP contribution in [0.1, 0.15) is 49.0 Å². The van der Waals surface area contributed by atoms with Crippen LogP contribution in [0.4, 0.5) is 4.39 Å². The first-order chi connectivity index (χ1) is 16.0. The highest BCUT2D eigenvalue weighted by molar-refractivity contribution is 14.1. The van der Waals surface area contributed by atoms with E-state index in [1.54, 1.807) is 6.07 Å². The molecule has 2 unspecified atom stereocenters. The number of fused-ring (bicyclic) bond motifs is 1. The summed E-state index contributed by atoms with van der Waals surface area (Å²) >= 11 is 4.38. The maximum Gasteiger partial charge on any atom is 0.199 e. The van der Waals surface area contributed by atoms with Crippen LogP contribution in [-0.2, 0) is 4.74 Å². The summed E-state index contributed by atoms with van der Waals surface area (Å²) in [6.07, 6.45) is 2.53. The Morgan fingerprint density at radius 1 is 0.970 bits per heavy atom. The Morgan fingerprint density at radius 3 is 2.55 bits per heavy atom. The molecular weight excluding hydrogens is 645 g/mol. The second-order valence-electron chi connectivity index (χ2n) is 8.26. The van der Waals surface area contributed by atoms with Crippen LogP contribution in [0.5, 0.6) is 11.5 Å². The summed E-state index contributed by atoms with van der Waals surface area (Å²) in [7, 11) is 0. The lowest BCUT2D eigenvalue weighted by Gasteiger charge is -2.32. The number of benzene rings is 3. The van der Waals surface area contributed by atoms with Crippen LogP contribution in [0.15, 0.2) is 60.7 Å². The van der Waals surface area contributed by atoms with E-state index < -0.39 is 0 Å². The summed E-state index contributed by atoms with van der Waals surface area (Å²) in [6.45, 7) is 2.82. The Morgan fingerprint density at radius 2 is 1.79 bits per heavy atom. The average Bonchev–Trinajstić information content (AvgIpc) is 2.83. The fourth-order valence-corrected chi connectivity index (χ4v) is 5.40. The van der Waals surface area contributed by atoms with Gasteiger partial charge in [0.2, 0.25) is 0 Å². The van der Waals surface area contributed by atoms with Gasteiger partial charge in [0.1, 0.15) is 23.4 Å². The number of halogens is 3. The summed E-state index contributed by atoms with van der Waals surface area (Å²) in [4.78, 5) is 0. The maximum atomic E-state index is 14.6. The average molecular weight is 668 g/mol. The van der Waals surface area contributed by atoms with Crippen molar-refractivity contribution in [1.82, 2.24) is 0 Å². The SMILES string of the molecule is CC1=C(c2cccc(F)c2I)C(c2ccc(I)cc2)Oc2ccc(OC3CCCCO3)cc21. The molecule has 0 radical (unpaired) electrons. The lowest BCUT2D eigenvalue weighted by atomic mass is 9.86. The zero-order valence-electron chi connectivity index (χ0n) is 18.1. The number of ether oxygens (including phenoxy) is 3. The summed E-state index contributed by atoms with van der Waals surface area (Å²) in [6, 6.07) is 19.4. The number of hydrogen-bond donors (Lipinski definition) is 0. The first-order valence-electron chi connectivity index (χ1n) is 11.0. The second kappa shape index (κ2) is 9.92. The molecule has 0 N–H and O–H groups in total. The molecule has 3 nitrogen and oxygen atoms in total. The summed E-state index contributed by atoms with van der Waals surface area (Å²) in [5, 5.41) is 0. The van der Waals surface area contributed by atoms with Crippen molar-refractivity contribution in [2.75, 3.05) is 6.61 Å². The molecule has 0 spiro atoms. The molecule has 2 heterocycles. The highest BCUT2D eigenvalue weighted by Crippen LogP contribution is 2.48. The number of allylic oxidation sites excluding steroid dienone is 1. The normalized spacial score (nSPS) is 20.2. The second-order valence-corrected chi connectivity index (χ2v) is 10.6. The van der Waals surface area contributed by atoms with Gasteiger partial charge in [-0.1, -0.05) is 24.3 Å². The third kappa shape index (κ3) is 4.79. The van der Waals surface area contributed by atoms with Crippen molar-refractivity contribution in [1.29, 1.82) is 0 Å². The minimum absolute atomic E-state index is 0.214. The topological polar surface area (TPSA) is 27.7 Å². The fourth-order valence-electron chi connectivity index (χ4n) is 4.39. The molecule has 1 saturated heterocycles. The van der Waals surface area contributed by atoms with Crippen LogP contribution >= 0.6 is 45.2 Å². The molecule has 2 aliphatic rings.